The predicted octanol–water partition coefficient (Wildman–Crippen LogP) is 8.94. The van der Waals surface area contributed by atoms with Crippen molar-refractivity contribution in [1.29, 1.82) is 0 Å². The Kier molecular flexibility index (Phi) is 20.3. The minimum atomic E-state index is -0.569. The molecule has 0 heterocycles. The summed E-state index contributed by atoms with van der Waals surface area (Å²) in [6, 6.07) is 0. The minimum absolute atomic E-state index is 0.126. The van der Waals surface area contributed by atoms with Gasteiger partial charge in [0.2, 0.25) is 0 Å². The summed E-state index contributed by atoms with van der Waals surface area (Å²) in [5, 5.41) is 9.63. The molecule has 2 unspecified atom stereocenters. The van der Waals surface area contributed by atoms with Crippen molar-refractivity contribution in [3.63, 3.8) is 0 Å². The van der Waals surface area contributed by atoms with Crippen LogP contribution in [-0.2, 0) is 4.79 Å². The lowest BCUT2D eigenvalue weighted by Crippen LogP contribution is -2.23. The molecule has 0 fully saturated rings. The van der Waals surface area contributed by atoms with Gasteiger partial charge in [0.15, 0.2) is 0 Å². The summed E-state index contributed by atoms with van der Waals surface area (Å²) in [5.41, 5.74) is 0. The fourth-order valence-electron chi connectivity index (χ4n) is 4.17. The van der Waals surface area contributed by atoms with Crippen molar-refractivity contribution in [2.24, 2.45) is 11.8 Å². The summed E-state index contributed by atoms with van der Waals surface area (Å²) >= 11 is 0. The molecule has 166 valence electrons. The summed E-state index contributed by atoms with van der Waals surface area (Å²) < 4.78 is 0. The molecule has 0 aliphatic heterocycles. The Morgan fingerprint density at radius 1 is 0.679 bits per heavy atom. The normalized spacial score (nSPS) is 13.8. The maximum Gasteiger partial charge on any atom is 0.306 e. The van der Waals surface area contributed by atoms with Gasteiger partial charge in [-0.1, -0.05) is 110 Å². The second-order valence-electron chi connectivity index (χ2n) is 8.63. The molecule has 1 N–H and O–H groups in total. The second kappa shape index (κ2) is 20.9. The van der Waals surface area contributed by atoms with Crippen LogP contribution in [-0.4, -0.2) is 11.1 Å². The van der Waals surface area contributed by atoms with Gasteiger partial charge in [-0.15, -0.1) is 0 Å². The number of carboxylic acid groups (broad SMARTS) is 1. The second-order valence-corrected chi connectivity index (χ2v) is 8.63. The van der Waals surface area contributed by atoms with Crippen molar-refractivity contribution in [3.05, 3.63) is 12.2 Å². The lowest BCUT2D eigenvalue weighted by molar-refractivity contribution is -0.144. The Hall–Kier alpha value is -0.790. The van der Waals surface area contributed by atoms with Gasteiger partial charge < -0.3 is 5.11 Å². The average Bonchev–Trinajstić information content (AvgIpc) is 2.69. The van der Waals surface area contributed by atoms with E-state index in [1.54, 1.807) is 0 Å². The third kappa shape index (κ3) is 16.2. The molecule has 2 atom stereocenters. The van der Waals surface area contributed by atoms with Gasteiger partial charge in [-0.05, 0) is 44.4 Å². The smallest absolute Gasteiger partial charge is 0.306 e. The Bertz CT molecular complexity index is 361. The molecule has 28 heavy (non-hydrogen) atoms. The fourth-order valence-corrected chi connectivity index (χ4v) is 4.17. The van der Waals surface area contributed by atoms with Crippen LogP contribution in [0.4, 0.5) is 0 Å². The first-order valence-electron chi connectivity index (χ1n) is 12.5. The topological polar surface area (TPSA) is 37.3 Å². The van der Waals surface area contributed by atoms with E-state index in [0.717, 1.165) is 25.7 Å². The van der Waals surface area contributed by atoms with Crippen LogP contribution in [0, 0.1) is 11.8 Å². The predicted molar refractivity (Wildman–Crippen MR) is 124 cm³/mol. The lowest BCUT2D eigenvalue weighted by atomic mass is 9.82. The molecule has 0 rings (SSSR count). The molecule has 0 aliphatic rings. The lowest BCUT2D eigenvalue weighted by Gasteiger charge is -2.22. The molecule has 0 aliphatic carbocycles. The number of unbranched alkanes of at least 4 members (excludes halogenated alkanes) is 12. The van der Waals surface area contributed by atoms with E-state index in [4.69, 9.17) is 0 Å². The highest BCUT2D eigenvalue weighted by Gasteiger charge is 2.25. The van der Waals surface area contributed by atoms with E-state index in [-0.39, 0.29) is 5.92 Å². The third-order valence-corrected chi connectivity index (χ3v) is 6.12. The zero-order valence-electron chi connectivity index (χ0n) is 19.4. The van der Waals surface area contributed by atoms with E-state index in [1.165, 1.54) is 89.9 Å². The van der Waals surface area contributed by atoms with Crippen LogP contribution in [0.1, 0.15) is 136 Å². The summed E-state index contributed by atoms with van der Waals surface area (Å²) in [4.78, 5) is 11.7. The number of allylic oxidation sites excluding steroid dienone is 2. The van der Waals surface area contributed by atoms with Crippen molar-refractivity contribution in [2.45, 2.75) is 136 Å². The Labute approximate surface area is 176 Å². The SMILES string of the molecule is CCCCCCCCC=CCCCCCCC(C(=O)O)C(CC)CCCCC. The summed E-state index contributed by atoms with van der Waals surface area (Å²) in [6.45, 7) is 6.63. The van der Waals surface area contributed by atoms with Crippen molar-refractivity contribution in [2.75, 3.05) is 0 Å². The molecule has 0 saturated heterocycles. The molecular formula is C26H50O2. The quantitative estimate of drug-likeness (QED) is 0.156. The van der Waals surface area contributed by atoms with E-state index in [9.17, 15) is 9.90 Å². The number of carboxylic acids is 1. The van der Waals surface area contributed by atoms with Gasteiger partial charge in [-0.25, -0.2) is 0 Å². The average molecular weight is 395 g/mol. The molecule has 0 saturated carbocycles. The Balaban J connectivity index is 3.71. The van der Waals surface area contributed by atoms with Gasteiger partial charge in [-0.3, -0.25) is 4.79 Å². The first-order chi connectivity index (χ1) is 13.7. The van der Waals surface area contributed by atoms with Crippen LogP contribution in [0.3, 0.4) is 0 Å². The summed E-state index contributed by atoms with van der Waals surface area (Å²) in [6.07, 6.45) is 26.7. The first kappa shape index (κ1) is 27.2. The van der Waals surface area contributed by atoms with Crippen molar-refractivity contribution in [1.82, 2.24) is 0 Å². The molecule has 0 aromatic rings. The van der Waals surface area contributed by atoms with Gasteiger partial charge >= 0.3 is 5.97 Å². The zero-order chi connectivity index (χ0) is 20.9. The highest BCUT2D eigenvalue weighted by molar-refractivity contribution is 5.70. The summed E-state index contributed by atoms with van der Waals surface area (Å²) in [7, 11) is 0. The first-order valence-corrected chi connectivity index (χ1v) is 12.5. The fraction of sp³-hybridized carbons (Fsp3) is 0.885. The third-order valence-electron chi connectivity index (χ3n) is 6.12. The Morgan fingerprint density at radius 2 is 1.14 bits per heavy atom. The van der Waals surface area contributed by atoms with Gasteiger partial charge in [-0.2, -0.15) is 0 Å². The van der Waals surface area contributed by atoms with Gasteiger partial charge in [0.1, 0.15) is 0 Å². The highest BCUT2D eigenvalue weighted by Crippen LogP contribution is 2.27. The Morgan fingerprint density at radius 3 is 1.68 bits per heavy atom. The van der Waals surface area contributed by atoms with E-state index < -0.39 is 5.97 Å². The maximum atomic E-state index is 11.7. The van der Waals surface area contributed by atoms with E-state index in [2.05, 4.69) is 32.9 Å². The number of aliphatic carboxylic acids is 1. The van der Waals surface area contributed by atoms with Crippen LogP contribution < -0.4 is 0 Å². The highest BCUT2D eigenvalue weighted by atomic mass is 16.4. The molecule has 0 aromatic carbocycles. The number of hydrogen-bond donors (Lipinski definition) is 1. The minimum Gasteiger partial charge on any atom is -0.481 e. The van der Waals surface area contributed by atoms with E-state index in [0.29, 0.717) is 5.92 Å². The van der Waals surface area contributed by atoms with Crippen LogP contribution in [0.2, 0.25) is 0 Å². The molecule has 0 spiro atoms. The van der Waals surface area contributed by atoms with Crippen molar-refractivity contribution in [3.8, 4) is 0 Å². The van der Waals surface area contributed by atoms with Crippen LogP contribution in [0.15, 0.2) is 12.2 Å². The van der Waals surface area contributed by atoms with Crippen molar-refractivity contribution < 1.29 is 9.90 Å². The number of hydrogen-bond acceptors (Lipinski definition) is 1. The van der Waals surface area contributed by atoms with Crippen LogP contribution in [0.25, 0.3) is 0 Å². The maximum absolute atomic E-state index is 11.7. The molecule has 2 heteroatoms. The molecule has 2 nitrogen and oxygen atoms in total. The number of carbonyl (C=O) groups is 1. The van der Waals surface area contributed by atoms with Gasteiger partial charge in [0.25, 0.3) is 0 Å². The number of rotatable bonds is 21. The summed E-state index contributed by atoms with van der Waals surface area (Å²) in [5.74, 6) is -0.325. The van der Waals surface area contributed by atoms with Gasteiger partial charge in [0.05, 0.1) is 5.92 Å². The zero-order valence-corrected chi connectivity index (χ0v) is 19.4. The van der Waals surface area contributed by atoms with Gasteiger partial charge in [0, 0.05) is 0 Å². The molecule has 0 bridgehead atoms. The molecule has 0 aromatic heterocycles. The van der Waals surface area contributed by atoms with Crippen LogP contribution in [0.5, 0.6) is 0 Å². The monoisotopic (exact) mass is 394 g/mol. The molecule has 0 radical (unpaired) electrons. The molecule has 0 amide bonds. The molecular weight excluding hydrogens is 344 g/mol. The largest absolute Gasteiger partial charge is 0.481 e. The van der Waals surface area contributed by atoms with Crippen molar-refractivity contribution >= 4 is 5.97 Å². The van der Waals surface area contributed by atoms with E-state index in [1.807, 2.05) is 0 Å². The standard InChI is InChI=1S/C26H50O2/c1-4-7-9-10-11-12-13-14-15-16-17-18-19-21-23-25(26(27)28)24(6-3)22-20-8-5-2/h14-15,24-25H,4-13,16-23H2,1-3H3,(H,27,28). The van der Waals surface area contributed by atoms with E-state index >= 15 is 0 Å². The van der Waals surface area contributed by atoms with Crippen LogP contribution >= 0.6 is 0 Å².